The van der Waals surface area contributed by atoms with Crippen LogP contribution < -0.4 is 10.5 Å². The largest absolute Gasteiger partial charge is 0.497 e. The van der Waals surface area contributed by atoms with Gasteiger partial charge in [0.25, 0.3) is 0 Å². The Morgan fingerprint density at radius 2 is 1.83 bits per heavy atom. The third-order valence-corrected chi connectivity index (χ3v) is 2.97. The van der Waals surface area contributed by atoms with Crippen molar-refractivity contribution >= 4 is 0 Å². The number of hydrogen-bond acceptors (Lipinski definition) is 3. The Hall–Kier alpha value is -1.06. The molecule has 0 amide bonds. The number of methoxy groups -OCH3 is 1. The quantitative estimate of drug-likeness (QED) is 0.808. The van der Waals surface area contributed by atoms with Gasteiger partial charge in [-0.2, -0.15) is 0 Å². The zero-order chi connectivity index (χ0) is 13.6. The maximum Gasteiger partial charge on any atom is 0.118 e. The lowest BCUT2D eigenvalue weighted by Gasteiger charge is -2.21. The Morgan fingerprint density at radius 3 is 2.33 bits per heavy atom. The van der Waals surface area contributed by atoms with Gasteiger partial charge in [0.1, 0.15) is 5.75 Å². The molecule has 0 aliphatic rings. The van der Waals surface area contributed by atoms with Crippen LogP contribution in [0.2, 0.25) is 0 Å². The fraction of sp³-hybridized carbons (Fsp3) is 0.600. The van der Waals surface area contributed by atoms with Crippen LogP contribution in [0.5, 0.6) is 5.75 Å². The summed E-state index contributed by atoms with van der Waals surface area (Å²) in [6.45, 7) is 6.20. The van der Waals surface area contributed by atoms with Crippen LogP contribution >= 0.6 is 0 Å². The van der Waals surface area contributed by atoms with Crippen molar-refractivity contribution in [2.75, 3.05) is 20.7 Å². The van der Waals surface area contributed by atoms with E-state index in [0.717, 1.165) is 31.7 Å². The van der Waals surface area contributed by atoms with Gasteiger partial charge in [0.15, 0.2) is 0 Å². The van der Waals surface area contributed by atoms with Crippen LogP contribution in [-0.2, 0) is 6.54 Å². The standard InChI is InChI=1S/C15H26N2O/c1-15(2,16)10-5-11-17(3)12-13-6-8-14(18-4)9-7-13/h6-9H,5,10-12,16H2,1-4H3. The van der Waals surface area contributed by atoms with E-state index in [0.29, 0.717) is 0 Å². The second-order valence-corrected chi connectivity index (χ2v) is 5.68. The van der Waals surface area contributed by atoms with Crippen LogP contribution in [0.1, 0.15) is 32.3 Å². The van der Waals surface area contributed by atoms with E-state index in [2.05, 4.69) is 37.9 Å². The van der Waals surface area contributed by atoms with Crippen molar-refractivity contribution in [2.24, 2.45) is 5.73 Å². The number of nitrogens with zero attached hydrogens (tertiary/aromatic N) is 1. The lowest BCUT2D eigenvalue weighted by atomic mass is 10.00. The fourth-order valence-corrected chi connectivity index (χ4v) is 1.93. The van der Waals surface area contributed by atoms with E-state index in [9.17, 15) is 0 Å². The Bertz CT molecular complexity index is 341. The number of rotatable bonds is 7. The number of hydrogen-bond donors (Lipinski definition) is 1. The molecule has 0 saturated heterocycles. The van der Waals surface area contributed by atoms with Crippen LogP contribution in [0.25, 0.3) is 0 Å². The lowest BCUT2D eigenvalue weighted by molar-refractivity contribution is 0.303. The average Bonchev–Trinajstić information content (AvgIpc) is 2.28. The first-order chi connectivity index (χ1) is 8.40. The van der Waals surface area contributed by atoms with Crippen molar-refractivity contribution in [3.05, 3.63) is 29.8 Å². The summed E-state index contributed by atoms with van der Waals surface area (Å²) in [5, 5.41) is 0. The van der Waals surface area contributed by atoms with Gasteiger partial charge >= 0.3 is 0 Å². The Balaban J connectivity index is 2.32. The normalized spacial score (nSPS) is 11.9. The fourth-order valence-electron chi connectivity index (χ4n) is 1.93. The highest BCUT2D eigenvalue weighted by Crippen LogP contribution is 2.13. The summed E-state index contributed by atoms with van der Waals surface area (Å²) >= 11 is 0. The molecule has 0 saturated carbocycles. The van der Waals surface area contributed by atoms with E-state index in [1.165, 1.54) is 5.56 Å². The van der Waals surface area contributed by atoms with Gasteiger partial charge in [-0.25, -0.2) is 0 Å². The molecule has 0 aliphatic heterocycles. The Morgan fingerprint density at radius 1 is 1.22 bits per heavy atom. The molecule has 0 aromatic heterocycles. The first kappa shape index (κ1) is 15.0. The molecule has 3 heteroatoms. The maximum absolute atomic E-state index is 5.97. The van der Waals surface area contributed by atoms with Crippen LogP contribution in [0.4, 0.5) is 0 Å². The second kappa shape index (κ2) is 6.76. The predicted molar refractivity (Wildman–Crippen MR) is 76.8 cm³/mol. The van der Waals surface area contributed by atoms with Gasteiger partial charge in [-0.3, -0.25) is 0 Å². The summed E-state index contributed by atoms with van der Waals surface area (Å²) in [5.74, 6) is 0.909. The molecule has 18 heavy (non-hydrogen) atoms. The molecule has 0 unspecified atom stereocenters. The summed E-state index contributed by atoms with van der Waals surface area (Å²) in [4.78, 5) is 2.33. The van der Waals surface area contributed by atoms with Gasteiger partial charge in [0, 0.05) is 12.1 Å². The molecule has 1 aromatic rings. The van der Waals surface area contributed by atoms with E-state index in [1.54, 1.807) is 7.11 Å². The van der Waals surface area contributed by atoms with E-state index < -0.39 is 0 Å². The molecule has 1 rings (SSSR count). The van der Waals surface area contributed by atoms with Crippen molar-refractivity contribution in [1.29, 1.82) is 0 Å². The molecule has 0 spiro atoms. The minimum absolute atomic E-state index is 0.0546. The highest BCUT2D eigenvalue weighted by atomic mass is 16.5. The van der Waals surface area contributed by atoms with E-state index >= 15 is 0 Å². The zero-order valence-corrected chi connectivity index (χ0v) is 12.1. The molecule has 3 nitrogen and oxygen atoms in total. The molecular weight excluding hydrogens is 224 g/mol. The third-order valence-electron chi connectivity index (χ3n) is 2.97. The van der Waals surface area contributed by atoms with E-state index in [1.807, 2.05) is 12.1 Å². The predicted octanol–water partition coefficient (Wildman–Crippen LogP) is 2.64. The van der Waals surface area contributed by atoms with E-state index in [4.69, 9.17) is 10.5 Å². The minimum atomic E-state index is -0.0546. The smallest absolute Gasteiger partial charge is 0.118 e. The first-order valence-electron chi connectivity index (χ1n) is 6.51. The van der Waals surface area contributed by atoms with Crippen LogP contribution in [-0.4, -0.2) is 31.1 Å². The second-order valence-electron chi connectivity index (χ2n) is 5.68. The summed E-state index contributed by atoms with van der Waals surface area (Å²) < 4.78 is 5.15. The Labute approximate surface area is 111 Å². The topological polar surface area (TPSA) is 38.5 Å². The summed E-state index contributed by atoms with van der Waals surface area (Å²) in [7, 11) is 3.84. The number of ether oxygens (including phenoxy) is 1. The SMILES string of the molecule is COc1ccc(CN(C)CCCC(C)(C)N)cc1. The molecule has 1 aromatic carbocycles. The highest BCUT2D eigenvalue weighted by Gasteiger charge is 2.10. The van der Waals surface area contributed by atoms with Crippen molar-refractivity contribution in [1.82, 2.24) is 4.90 Å². The van der Waals surface area contributed by atoms with Crippen molar-refractivity contribution in [2.45, 2.75) is 38.8 Å². The van der Waals surface area contributed by atoms with Gasteiger partial charge in [-0.1, -0.05) is 12.1 Å². The van der Waals surface area contributed by atoms with Crippen molar-refractivity contribution < 1.29 is 4.74 Å². The molecule has 0 aliphatic carbocycles. The number of nitrogens with two attached hydrogens (primary N) is 1. The Kier molecular flexibility index (Phi) is 5.63. The maximum atomic E-state index is 5.97. The zero-order valence-electron chi connectivity index (χ0n) is 12.1. The molecule has 0 atom stereocenters. The highest BCUT2D eigenvalue weighted by molar-refractivity contribution is 5.26. The van der Waals surface area contributed by atoms with Gasteiger partial charge in [0.2, 0.25) is 0 Å². The van der Waals surface area contributed by atoms with Crippen molar-refractivity contribution in [3.8, 4) is 5.75 Å². The van der Waals surface area contributed by atoms with E-state index in [-0.39, 0.29) is 5.54 Å². The van der Waals surface area contributed by atoms with Crippen LogP contribution in [0.3, 0.4) is 0 Å². The molecule has 2 N–H and O–H groups in total. The first-order valence-corrected chi connectivity index (χ1v) is 6.51. The molecule has 0 bridgehead atoms. The van der Waals surface area contributed by atoms with Gasteiger partial charge in [0.05, 0.1) is 7.11 Å². The average molecular weight is 250 g/mol. The third kappa shape index (κ3) is 6.03. The van der Waals surface area contributed by atoms with Crippen molar-refractivity contribution in [3.63, 3.8) is 0 Å². The van der Waals surface area contributed by atoms with Gasteiger partial charge in [-0.05, 0) is 58.0 Å². The van der Waals surface area contributed by atoms with Crippen LogP contribution in [0.15, 0.2) is 24.3 Å². The molecule has 0 fully saturated rings. The minimum Gasteiger partial charge on any atom is -0.497 e. The van der Waals surface area contributed by atoms with Gasteiger partial charge in [-0.15, -0.1) is 0 Å². The summed E-state index contributed by atoms with van der Waals surface area (Å²) in [6, 6.07) is 8.24. The monoisotopic (exact) mass is 250 g/mol. The molecule has 102 valence electrons. The molecule has 0 heterocycles. The molecule has 0 radical (unpaired) electrons. The number of benzene rings is 1. The lowest BCUT2D eigenvalue weighted by Crippen LogP contribution is -2.33. The van der Waals surface area contributed by atoms with Gasteiger partial charge < -0.3 is 15.4 Å². The molecular formula is C15H26N2O. The summed E-state index contributed by atoms with van der Waals surface area (Å²) in [6.07, 6.45) is 2.19. The van der Waals surface area contributed by atoms with Crippen LogP contribution in [0, 0.1) is 0 Å². The summed E-state index contributed by atoms with van der Waals surface area (Å²) in [5.41, 5.74) is 7.23.